The summed E-state index contributed by atoms with van der Waals surface area (Å²) in [7, 11) is 0. The molecule has 0 spiro atoms. The number of nitrogen functional groups attached to an aromatic ring is 1. The fourth-order valence-electron chi connectivity index (χ4n) is 1.62. The van der Waals surface area contributed by atoms with Crippen molar-refractivity contribution in [3.63, 3.8) is 0 Å². The second kappa shape index (κ2) is 5.85. The molecule has 0 amide bonds. The van der Waals surface area contributed by atoms with Gasteiger partial charge in [0.2, 0.25) is 0 Å². The molecule has 0 bridgehead atoms. The number of hydrazine groups is 1. The van der Waals surface area contributed by atoms with Gasteiger partial charge in [-0.05, 0) is 24.3 Å². The molecular formula is C12H10BrFN4O2. The summed E-state index contributed by atoms with van der Waals surface area (Å²) < 4.78 is 14.3. The number of nitrogens with zero attached hydrogens (tertiary/aromatic N) is 1. The predicted molar refractivity (Wildman–Crippen MR) is 78.3 cm³/mol. The number of nitro benzene ring substituents is 1. The highest BCUT2D eigenvalue weighted by Gasteiger charge is 2.11. The molecule has 0 radical (unpaired) electrons. The van der Waals surface area contributed by atoms with E-state index in [0.29, 0.717) is 15.8 Å². The summed E-state index contributed by atoms with van der Waals surface area (Å²) in [6.07, 6.45) is 0. The van der Waals surface area contributed by atoms with Crippen LogP contribution in [0.4, 0.5) is 27.1 Å². The lowest BCUT2D eigenvalue weighted by atomic mass is 10.2. The van der Waals surface area contributed by atoms with E-state index in [-0.39, 0.29) is 11.4 Å². The predicted octanol–water partition coefficient (Wildman–Crippen LogP) is 3.53. The maximum atomic E-state index is 13.6. The number of benzene rings is 2. The summed E-state index contributed by atoms with van der Waals surface area (Å²) in [5.41, 5.74) is 3.07. The van der Waals surface area contributed by atoms with E-state index >= 15 is 0 Å². The summed E-state index contributed by atoms with van der Waals surface area (Å²) in [5, 5.41) is 13.6. The van der Waals surface area contributed by atoms with Crippen molar-refractivity contribution >= 4 is 38.7 Å². The first-order valence-electron chi connectivity index (χ1n) is 5.48. The Kier molecular flexibility index (Phi) is 4.16. The number of halogens is 2. The molecule has 0 saturated carbocycles. The molecule has 0 unspecified atom stereocenters. The van der Waals surface area contributed by atoms with Crippen LogP contribution in [0.1, 0.15) is 0 Å². The molecule has 0 atom stereocenters. The average Bonchev–Trinajstić information content (AvgIpc) is 2.42. The minimum atomic E-state index is -0.552. The van der Waals surface area contributed by atoms with Crippen LogP contribution in [0.25, 0.3) is 0 Å². The van der Waals surface area contributed by atoms with Crippen LogP contribution in [0.15, 0.2) is 40.9 Å². The third kappa shape index (κ3) is 3.22. The first-order valence-corrected chi connectivity index (χ1v) is 6.27. The quantitative estimate of drug-likeness (QED) is 0.449. The Balaban J connectivity index is 2.39. The zero-order valence-electron chi connectivity index (χ0n) is 10.1. The first-order chi connectivity index (χ1) is 9.49. The van der Waals surface area contributed by atoms with Crippen molar-refractivity contribution in [1.82, 2.24) is 0 Å². The van der Waals surface area contributed by atoms with Gasteiger partial charge in [-0.3, -0.25) is 16.0 Å². The number of non-ortho nitro benzene ring substituents is 1. The van der Waals surface area contributed by atoms with Gasteiger partial charge < -0.3 is 10.7 Å². The Hall–Kier alpha value is -2.19. The van der Waals surface area contributed by atoms with Crippen LogP contribution in [0.5, 0.6) is 0 Å². The molecule has 4 N–H and O–H groups in total. The zero-order valence-corrected chi connectivity index (χ0v) is 11.6. The van der Waals surface area contributed by atoms with Gasteiger partial charge in [0.25, 0.3) is 5.69 Å². The van der Waals surface area contributed by atoms with E-state index < -0.39 is 10.7 Å². The maximum absolute atomic E-state index is 13.6. The second-order valence-electron chi connectivity index (χ2n) is 3.92. The molecule has 0 aliphatic heterocycles. The van der Waals surface area contributed by atoms with Crippen molar-refractivity contribution in [2.45, 2.75) is 0 Å². The van der Waals surface area contributed by atoms with Crippen LogP contribution < -0.4 is 16.6 Å². The lowest BCUT2D eigenvalue weighted by molar-refractivity contribution is -0.384. The Bertz CT molecular complexity index is 666. The average molecular weight is 341 g/mol. The number of nitrogens with two attached hydrogens (primary N) is 1. The van der Waals surface area contributed by atoms with Crippen LogP contribution in [-0.4, -0.2) is 4.92 Å². The number of hydrogen-bond acceptors (Lipinski definition) is 5. The van der Waals surface area contributed by atoms with Gasteiger partial charge in [-0.2, -0.15) is 0 Å². The van der Waals surface area contributed by atoms with Crippen LogP contribution in [0, 0.1) is 15.9 Å². The van der Waals surface area contributed by atoms with Crippen LogP contribution in [0.2, 0.25) is 0 Å². The number of rotatable bonds is 4. The molecular weight excluding hydrogens is 331 g/mol. The number of hydrogen-bond donors (Lipinski definition) is 3. The summed E-state index contributed by atoms with van der Waals surface area (Å²) in [6, 6.07) is 8.48. The molecule has 0 saturated heterocycles. The fourth-order valence-corrected chi connectivity index (χ4v) is 1.98. The van der Waals surface area contributed by atoms with Gasteiger partial charge in [-0.15, -0.1) is 0 Å². The van der Waals surface area contributed by atoms with Crippen molar-refractivity contribution in [1.29, 1.82) is 0 Å². The van der Waals surface area contributed by atoms with Gasteiger partial charge in [0.05, 0.1) is 16.3 Å². The summed E-state index contributed by atoms with van der Waals surface area (Å²) in [5.74, 6) is 4.78. The molecule has 2 rings (SSSR count). The first kappa shape index (κ1) is 14.2. The van der Waals surface area contributed by atoms with Gasteiger partial charge in [-0.1, -0.05) is 15.9 Å². The van der Waals surface area contributed by atoms with E-state index in [0.717, 1.165) is 0 Å². The number of anilines is 3. The van der Waals surface area contributed by atoms with Gasteiger partial charge in [-0.25, -0.2) is 4.39 Å². The third-order valence-corrected chi connectivity index (χ3v) is 3.00. The van der Waals surface area contributed by atoms with Crippen LogP contribution in [0.3, 0.4) is 0 Å². The van der Waals surface area contributed by atoms with Crippen LogP contribution in [-0.2, 0) is 0 Å². The van der Waals surface area contributed by atoms with Crippen molar-refractivity contribution in [3.05, 3.63) is 56.8 Å². The van der Waals surface area contributed by atoms with Crippen LogP contribution >= 0.6 is 15.9 Å². The zero-order chi connectivity index (χ0) is 14.7. The molecule has 2 aromatic rings. The van der Waals surface area contributed by atoms with E-state index in [1.54, 1.807) is 6.07 Å². The Morgan fingerprint density at radius 2 is 1.90 bits per heavy atom. The van der Waals surface area contributed by atoms with Gasteiger partial charge in [0, 0.05) is 22.3 Å². The fraction of sp³-hybridized carbons (Fsp3) is 0. The van der Waals surface area contributed by atoms with E-state index in [9.17, 15) is 14.5 Å². The Morgan fingerprint density at radius 3 is 2.55 bits per heavy atom. The molecule has 0 aliphatic rings. The summed E-state index contributed by atoms with van der Waals surface area (Å²) in [6.45, 7) is 0. The van der Waals surface area contributed by atoms with Gasteiger partial charge >= 0.3 is 0 Å². The molecule has 0 aromatic heterocycles. The minimum absolute atomic E-state index is 0.154. The SMILES string of the molecule is NNc1cc(Nc2cc(Br)ccc2F)cc([N+](=O)[O-])c1. The monoisotopic (exact) mass is 340 g/mol. The highest BCUT2D eigenvalue weighted by atomic mass is 79.9. The summed E-state index contributed by atoms with van der Waals surface area (Å²) >= 11 is 3.23. The molecule has 0 aliphatic carbocycles. The Labute approximate surface area is 122 Å². The lowest BCUT2D eigenvalue weighted by Crippen LogP contribution is -2.07. The van der Waals surface area contributed by atoms with E-state index in [2.05, 4.69) is 26.7 Å². The van der Waals surface area contributed by atoms with Crippen molar-refractivity contribution < 1.29 is 9.31 Å². The van der Waals surface area contributed by atoms with Crippen molar-refractivity contribution in [2.24, 2.45) is 5.84 Å². The highest BCUT2D eigenvalue weighted by Crippen LogP contribution is 2.28. The smallest absolute Gasteiger partial charge is 0.273 e. The molecule has 2 aromatic carbocycles. The lowest BCUT2D eigenvalue weighted by Gasteiger charge is -2.10. The molecule has 0 fully saturated rings. The Morgan fingerprint density at radius 1 is 1.20 bits per heavy atom. The molecule has 104 valence electrons. The van der Waals surface area contributed by atoms with Crippen molar-refractivity contribution in [3.8, 4) is 0 Å². The molecule has 0 heterocycles. The molecule has 20 heavy (non-hydrogen) atoms. The van der Waals surface area contributed by atoms with E-state index in [1.165, 1.54) is 30.3 Å². The molecule has 8 heteroatoms. The highest BCUT2D eigenvalue weighted by molar-refractivity contribution is 9.10. The second-order valence-corrected chi connectivity index (χ2v) is 4.83. The molecule has 6 nitrogen and oxygen atoms in total. The third-order valence-electron chi connectivity index (χ3n) is 2.50. The van der Waals surface area contributed by atoms with E-state index in [4.69, 9.17) is 5.84 Å². The topological polar surface area (TPSA) is 93.2 Å². The largest absolute Gasteiger partial charge is 0.353 e. The van der Waals surface area contributed by atoms with E-state index in [1.807, 2.05) is 0 Å². The van der Waals surface area contributed by atoms with Gasteiger partial charge in [0.15, 0.2) is 0 Å². The summed E-state index contributed by atoms with van der Waals surface area (Å²) in [4.78, 5) is 10.3. The van der Waals surface area contributed by atoms with Crippen molar-refractivity contribution in [2.75, 3.05) is 10.7 Å². The maximum Gasteiger partial charge on any atom is 0.273 e. The standard InChI is InChI=1S/C12H10BrFN4O2/c13-7-1-2-11(14)12(3-7)16-8-4-9(17-15)6-10(5-8)18(19)20/h1-6,16-17H,15H2. The number of nitro groups is 1. The van der Waals surface area contributed by atoms with Gasteiger partial charge in [0.1, 0.15) is 5.82 Å². The number of nitrogens with one attached hydrogen (secondary N) is 2. The normalized spacial score (nSPS) is 10.2. The minimum Gasteiger partial charge on any atom is -0.353 e.